The first-order valence-corrected chi connectivity index (χ1v) is 7.24. The van der Waals surface area contributed by atoms with E-state index in [0.717, 1.165) is 19.3 Å². The molecular formula is C14H18ClN3O3. The van der Waals surface area contributed by atoms with Gasteiger partial charge in [0, 0.05) is 12.5 Å². The third-order valence-corrected chi connectivity index (χ3v) is 3.40. The minimum atomic E-state index is -0.227. The van der Waals surface area contributed by atoms with Crippen LogP contribution in [0.3, 0.4) is 0 Å². The Labute approximate surface area is 128 Å². The number of rotatable bonds is 6. The normalized spacial score (nSPS) is 13.1. The summed E-state index contributed by atoms with van der Waals surface area (Å²) in [4.78, 5) is 23.0. The van der Waals surface area contributed by atoms with Gasteiger partial charge in [-0.25, -0.2) is 0 Å². The molecule has 0 saturated carbocycles. The maximum absolute atomic E-state index is 11.8. The molecule has 1 aliphatic heterocycles. The van der Waals surface area contributed by atoms with E-state index in [1.165, 1.54) is 0 Å². The average molecular weight is 312 g/mol. The molecular weight excluding hydrogens is 294 g/mol. The van der Waals surface area contributed by atoms with Gasteiger partial charge in [0.05, 0.1) is 16.4 Å². The number of amides is 2. The van der Waals surface area contributed by atoms with Crippen LogP contribution in [-0.2, 0) is 9.59 Å². The van der Waals surface area contributed by atoms with Gasteiger partial charge in [-0.05, 0) is 25.5 Å². The Hall–Kier alpha value is -1.79. The van der Waals surface area contributed by atoms with E-state index in [-0.39, 0.29) is 18.4 Å². The lowest BCUT2D eigenvalue weighted by atomic mass is 10.2. The zero-order chi connectivity index (χ0) is 15.2. The molecule has 0 aliphatic carbocycles. The highest BCUT2D eigenvalue weighted by Crippen LogP contribution is 2.36. The van der Waals surface area contributed by atoms with Gasteiger partial charge in [0.1, 0.15) is 5.75 Å². The molecule has 0 fully saturated rings. The number of carbonyl (C=O) groups is 2. The third kappa shape index (κ3) is 4.34. The fourth-order valence-corrected chi connectivity index (χ4v) is 2.23. The van der Waals surface area contributed by atoms with Gasteiger partial charge in [-0.15, -0.1) is 0 Å². The molecule has 1 aromatic rings. The van der Waals surface area contributed by atoms with Gasteiger partial charge in [0.25, 0.3) is 5.91 Å². The summed E-state index contributed by atoms with van der Waals surface area (Å²) in [7, 11) is 0. The molecule has 0 bridgehead atoms. The number of hydrogen-bond donors (Lipinski definition) is 3. The van der Waals surface area contributed by atoms with Crippen LogP contribution in [-0.4, -0.2) is 25.0 Å². The second-order valence-corrected chi connectivity index (χ2v) is 5.22. The van der Waals surface area contributed by atoms with Gasteiger partial charge in [0.15, 0.2) is 6.61 Å². The van der Waals surface area contributed by atoms with Crippen molar-refractivity contribution in [3.8, 4) is 5.75 Å². The number of nitrogens with two attached hydrogens (primary N) is 1. The molecule has 0 aromatic heterocycles. The van der Waals surface area contributed by atoms with Crippen LogP contribution in [0.2, 0.25) is 5.02 Å². The Morgan fingerprint density at radius 2 is 2.19 bits per heavy atom. The van der Waals surface area contributed by atoms with Gasteiger partial charge in [0.2, 0.25) is 5.91 Å². The van der Waals surface area contributed by atoms with Crippen LogP contribution in [0.25, 0.3) is 0 Å². The van der Waals surface area contributed by atoms with E-state index in [1.54, 1.807) is 12.1 Å². The van der Waals surface area contributed by atoms with Crippen molar-refractivity contribution in [1.29, 1.82) is 0 Å². The first kappa shape index (κ1) is 15.6. The molecule has 1 aliphatic rings. The van der Waals surface area contributed by atoms with Gasteiger partial charge in [-0.1, -0.05) is 18.0 Å². The van der Waals surface area contributed by atoms with E-state index >= 15 is 0 Å². The Balaban J connectivity index is 1.97. The zero-order valence-corrected chi connectivity index (χ0v) is 12.3. The maximum atomic E-state index is 11.8. The van der Waals surface area contributed by atoms with Crippen LogP contribution >= 0.6 is 11.6 Å². The molecule has 7 heteroatoms. The smallest absolute Gasteiger partial charge is 0.262 e. The number of unbranched alkanes of at least 4 members (excludes halogenated alkanes) is 2. The van der Waals surface area contributed by atoms with Crippen LogP contribution in [0, 0.1) is 0 Å². The molecule has 1 aromatic carbocycles. The molecule has 6 nitrogen and oxygen atoms in total. The Morgan fingerprint density at radius 3 is 2.95 bits per heavy atom. The van der Waals surface area contributed by atoms with Crippen molar-refractivity contribution in [3.63, 3.8) is 0 Å². The van der Waals surface area contributed by atoms with E-state index in [0.29, 0.717) is 35.1 Å². The number of ether oxygens (including phenoxy) is 1. The molecule has 21 heavy (non-hydrogen) atoms. The maximum Gasteiger partial charge on any atom is 0.262 e. The van der Waals surface area contributed by atoms with Crippen molar-refractivity contribution in [1.82, 2.24) is 0 Å². The highest BCUT2D eigenvalue weighted by molar-refractivity contribution is 6.34. The molecule has 114 valence electrons. The highest BCUT2D eigenvalue weighted by Gasteiger charge is 2.18. The van der Waals surface area contributed by atoms with Crippen molar-refractivity contribution >= 4 is 34.8 Å². The summed E-state index contributed by atoms with van der Waals surface area (Å²) in [6.07, 6.45) is 3.06. The fraction of sp³-hybridized carbons (Fsp3) is 0.429. The SMILES string of the molecule is NCCCCCC(=O)Nc1cc2c(cc1Cl)NC(=O)CO2. The predicted octanol–water partition coefficient (Wildman–Crippen LogP) is 2.13. The number of anilines is 2. The number of carbonyl (C=O) groups excluding carboxylic acids is 2. The number of hydrogen-bond acceptors (Lipinski definition) is 4. The first-order chi connectivity index (χ1) is 10.1. The summed E-state index contributed by atoms with van der Waals surface area (Å²) < 4.78 is 5.29. The van der Waals surface area contributed by atoms with E-state index < -0.39 is 0 Å². The predicted molar refractivity (Wildman–Crippen MR) is 81.7 cm³/mol. The minimum Gasteiger partial charge on any atom is -0.482 e. The van der Waals surface area contributed by atoms with E-state index in [4.69, 9.17) is 22.1 Å². The van der Waals surface area contributed by atoms with Crippen molar-refractivity contribution in [2.24, 2.45) is 5.73 Å². The minimum absolute atomic E-state index is 0.0406. The molecule has 0 spiro atoms. The average Bonchev–Trinajstić information content (AvgIpc) is 2.45. The van der Waals surface area contributed by atoms with Gasteiger partial charge in [-0.2, -0.15) is 0 Å². The van der Waals surface area contributed by atoms with Gasteiger partial charge < -0.3 is 21.1 Å². The van der Waals surface area contributed by atoms with Crippen molar-refractivity contribution in [2.45, 2.75) is 25.7 Å². The molecule has 2 rings (SSSR count). The third-order valence-electron chi connectivity index (χ3n) is 3.08. The summed E-state index contributed by atoms with van der Waals surface area (Å²) in [6, 6.07) is 3.19. The van der Waals surface area contributed by atoms with Crippen LogP contribution in [0.5, 0.6) is 5.75 Å². The Bertz CT molecular complexity index is 549. The Morgan fingerprint density at radius 1 is 1.38 bits per heavy atom. The molecule has 0 atom stereocenters. The van der Waals surface area contributed by atoms with Crippen LogP contribution in [0.4, 0.5) is 11.4 Å². The molecule has 0 saturated heterocycles. The summed E-state index contributed by atoms with van der Waals surface area (Å²) in [5.74, 6) is 0.168. The lowest BCUT2D eigenvalue weighted by Gasteiger charge is -2.19. The lowest BCUT2D eigenvalue weighted by molar-refractivity contribution is -0.118. The number of halogens is 1. The van der Waals surface area contributed by atoms with E-state index in [1.807, 2.05) is 0 Å². The lowest BCUT2D eigenvalue weighted by Crippen LogP contribution is -2.25. The van der Waals surface area contributed by atoms with Crippen molar-refractivity contribution in [2.75, 3.05) is 23.8 Å². The van der Waals surface area contributed by atoms with Crippen molar-refractivity contribution < 1.29 is 14.3 Å². The summed E-state index contributed by atoms with van der Waals surface area (Å²) in [5, 5.41) is 5.77. The number of fused-ring (bicyclic) bond motifs is 1. The molecule has 0 unspecified atom stereocenters. The number of benzene rings is 1. The zero-order valence-electron chi connectivity index (χ0n) is 11.6. The summed E-state index contributed by atoms with van der Waals surface area (Å²) in [5.41, 5.74) is 6.39. The standard InChI is InChI=1S/C14H18ClN3O3/c15-9-6-11-12(21-8-14(20)18-11)7-10(9)17-13(19)4-2-1-3-5-16/h6-7H,1-5,8,16H2,(H,17,19)(H,18,20). The van der Waals surface area contributed by atoms with E-state index in [2.05, 4.69) is 10.6 Å². The van der Waals surface area contributed by atoms with Crippen LogP contribution in [0.15, 0.2) is 12.1 Å². The summed E-state index contributed by atoms with van der Waals surface area (Å²) >= 11 is 6.10. The quantitative estimate of drug-likeness (QED) is 0.702. The van der Waals surface area contributed by atoms with Crippen molar-refractivity contribution in [3.05, 3.63) is 17.2 Å². The molecule has 4 N–H and O–H groups in total. The highest BCUT2D eigenvalue weighted by atomic mass is 35.5. The van der Waals surface area contributed by atoms with E-state index in [9.17, 15) is 9.59 Å². The van der Waals surface area contributed by atoms with Gasteiger partial charge >= 0.3 is 0 Å². The largest absolute Gasteiger partial charge is 0.482 e. The number of nitrogens with one attached hydrogen (secondary N) is 2. The monoisotopic (exact) mass is 311 g/mol. The molecule has 2 amide bonds. The topological polar surface area (TPSA) is 93.5 Å². The second kappa shape index (κ2) is 7.28. The summed E-state index contributed by atoms with van der Waals surface area (Å²) in [6.45, 7) is 0.600. The fourth-order valence-electron chi connectivity index (χ4n) is 2.02. The molecule has 0 radical (unpaired) electrons. The Kier molecular flexibility index (Phi) is 5.41. The van der Waals surface area contributed by atoms with Gasteiger partial charge in [-0.3, -0.25) is 9.59 Å². The first-order valence-electron chi connectivity index (χ1n) is 6.86. The second-order valence-electron chi connectivity index (χ2n) is 4.81. The van der Waals surface area contributed by atoms with Crippen LogP contribution < -0.4 is 21.1 Å². The van der Waals surface area contributed by atoms with Crippen LogP contribution in [0.1, 0.15) is 25.7 Å². The molecule has 1 heterocycles.